The van der Waals surface area contributed by atoms with Crippen LogP contribution >= 0.6 is 0 Å². The molecule has 13 rings (SSSR count). The quantitative estimate of drug-likeness (QED) is 0.176. The molecular weight excluding hydrogens is 775 g/mol. The van der Waals surface area contributed by atoms with Gasteiger partial charge in [-0.15, -0.1) is 0 Å². The molecule has 308 valence electrons. The second kappa shape index (κ2) is 12.7. The molecule has 0 fully saturated rings. The SMILES string of the molecule is CC1(C)c2ccccc2-c2ccc(N(c3ccc4c(c3)C(C)(C)c3ccccc3-4)c3cccc4c3C(C)(C)c3ccccc3C43c4ccccc4Oc4c3ccc3ccccc43)cc21. The molecule has 1 heterocycles. The predicted octanol–water partition coefficient (Wildman–Crippen LogP) is 16.0. The van der Waals surface area contributed by atoms with E-state index in [9.17, 15) is 0 Å². The molecule has 3 aliphatic carbocycles. The topological polar surface area (TPSA) is 12.5 Å². The molecule has 9 aromatic carbocycles. The molecule has 1 aliphatic heterocycles. The van der Waals surface area contributed by atoms with Gasteiger partial charge in [-0.2, -0.15) is 0 Å². The summed E-state index contributed by atoms with van der Waals surface area (Å²) in [6.45, 7) is 14.4. The van der Waals surface area contributed by atoms with Gasteiger partial charge >= 0.3 is 0 Å². The van der Waals surface area contributed by atoms with E-state index in [-0.39, 0.29) is 10.8 Å². The minimum absolute atomic E-state index is 0.161. The van der Waals surface area contributed by atoms with Crippen molar-refractivity contribution in [1.29, 1.82) is 0 Å². The zero-order valence-electron chi connectivity index (χ0n) is 37.3. The van der Waals surface area contributed by atoms with Gasteiger partial charge in [-0.3, -0.25) is 0 Å². The van der Waals surface area contributed by atoms with Gasteiger partial charge in [-0.1, -0.05) is 193 Å². The summed E-state index contributed by atoms with van der Waals surface area (Å²) >= 11 is 0. The number of benzene rings is 9. The van der Waals surface area contributed by atoms with E-state index in [0.717, 1.165) is 28.3 Å². The summed E-state index contributed by atoms with van der Waals surface area (Å²) in [5, 5.41) is 2.29. The van der Waals surface area contributed by atoms with Crippen LogP contribution in [0.5, 0.6) is 11.5 Å². The highest BCUT2D eigenvalue weighted by Gasteiger charge is 2.54. The third kappa shape index (κ3) is 4.65. The Morgan fingerprint density at radius 3 is 1.53 bits per heavy atom. The van der Waals surface area contributed by atoms with Gasteiger partial charge in [0.2, 0.25) is 0 Å². The number of hydrogen-bond donors (Lipinski definition) is 0. The fraction of sp³-hybridized carbons (Fsp3) is 0.161. The van der Waals surface area contributed by atoms with Crippen LogP contribution in [0.2, 0.25) is 0 Å². The van der Waals surface area contributed by atoms with Crippen LogP contribution in [0.4, 0.5) is 17.1 Å². The second-order valence-corrected chi connectivity index (χ2v) is 20.0. The van der Waals surface area contributed by atoms with E-state index in [1.54, 1.807) is 0 Å². The van der Waals surface area contributed by atoms with Gasteiger partial charge < -0.3 is 9.64 Å². The maximum atomic E-state index is 7.08. The molecule has 0 saturated carbocycles. The lowest BCUT2D eigenvalue weighted by molar-refractivity contribution is 0.430. The van der Waals surface area contributed by atoms with E-state index in [4.69, 9.17) is 4.74 Å². The molecule has 0 saturated heterocycles. The average Bonchev–Trinajstić information content (AvgIpc) is 3.69. The Hall–Kier alpha value is -7.16. The highest BCUT2D eigenvalue weighted by atomic mass is 16.5. The van der Waals surface area contributed by atoms with Crippen molar-refractivity contribution in [3.05, 3.63) is 244 Å². The third-order valence-corrected chi connectivity index (χ3v) is 15.8. The Morgan fingerprint density at radius 1 is 0.359 bits per heavy atom. The lowest BCUT2D eigenvalue weighted by Gasteiger charge is -2.51. The number of rotatable bonds is 3. The third-order valence-electron chi connectivity index (χ3n) is 15.8. The van der Waals surface area contributed by atoms with Crippen molar-refractivity contribution in [1.82, 2.24) is 0 Å². The van der Waals surface area contributed by atoms with Crippen molar-refractivity contribution < 1.29 is 4.74 Å². The van der Waals surface area contributed by atoms with E-state index in [1.165, 1.54) is 89.0 Å². The van der Waals surface area contributed by atoms with Crippen molar-refractivity contribution in [3.8, 4) is 33.8 Å². The van der Waals surface area contributed by atoms with Crippen LogP contribution in [0, 0.1) is 0 Å². The second-order valence-electron chi connectivity index (χ2n) is 20.0. The van der Waals surface area contributed by atoms with E-state index in [1.807, 2.05) is 0 Å². The zero-order valence-corrected chi connectivity index (χ0v) is 37.3. The largest absolute Gasteiger partial charge is 0.456 e. The first-order valence-corrected chi connectivity index (χ1v) is 22.8. The van der Waals surface area contributed by atoms with Gasteiger partial charge in [0.15, 0.2) is 0 Å². The van der Waals surface area contributed by atoms with E-state index >= 15 is 0 Å². The van der Waals surface area contributed by atoms with Crippen LogP contribution in [-0.2, 0) is 21.7 Å². The number of fused-ring (bicyclic) bond motifs is 16. The van der Waals surface area contributed by atoms with Gasteiger partial charge in [0.1, 0.15) is 11.5 Å². The van der Waals surface area contributed by atoms with Gasteiger partial charge in [0.05, 0.1) is 11.1 Å². The summed E-state index contributed by atoms with van der Waals surface area (Å²) in [5.74, 6) is 1.83. The normalized spacial score (nSPS) is 18.1. The zero-order chi connectivity index (χ0) is 43.3. The van der Waals surface area contributed by atoms with E-state index in [0.29, 0.717) is 0 Å². The number of anilines is 3. The van der Waals surface area contributed by atoms with Crippen molar-refractivity contribution in [2.24, 2.45) is 0 Å². The smallest absolute Gasteiger partial charge is 0.140 e. The van der Waals surface area contributed by atoms with Crippen LogP contribution < -0.4 is 9.64 Å². The number of para-hydroxylation sites is 1. The van der Waals surface area contributed by atoms with E-state index < -0.39 is 10.8 Å². The fourth-order valence-corrected chi connectivity index (χ4v) is 12.8. The van der Waals surface area contributed by atoms with Gasteiger partial charge in [-0.05, 0) is 109 Å². The monoisotopic (exact) mass is 823 g/mol. The molecule has 1 unspecified atom stereocenters. The summed E-state index contributed by atoms with van der Waals surface area (Å²) < 4.78 is 7.08. The number of hydrogen-bond acceptors (Lipinski definition) is 2. The molecule has 2 nitrogen and oxygen atoms in total. The molecular formula is C62H49NO. The number of nitrogens with zero attached hydrogens (tertiary/aromatic N) is 1. The van der Waals surface area contributed by atoms with Gasteiger partial charge in [0.25, 0.3) is 0 Å². The lowest BCUT2D eigenvalue weighted by atomic mass is 9.53. The predicted molar refractivity (Wildman–Crippen MR) is 264 cm³/mol. The lowest BCUT2D eigenvalue weighted by Crippen LogP contribution is -2.44. The van der Waals surface area contributed by atoms with Crippen molar-refractivity contribution in [2.75, 3.05) is 4.90 Å². The average molecular weight is 824 g/mol. The first-order chi connectivity index (χ1) is 31.0. The minimum Gasteiger partial charge on any atom is -0.456 e. The Kier molecular flexibility index (Phi) is 7.44. The summed E-state index contributed by atoms with van der Waals surface area (Å²) in [5.41, 5.74) is 20.5. The highest BCUT2D eigenvalue weighted by molar-refractivity contribution is 5.95. The fourth-order valence-electron chi connectivity index (χ4n) is 12.8. The summed E-state index contributed by atoms with van der Waals surface area (Å²) in [6.07, 6.45) is 0. The molecule has 64 heavy (non-hydrogen) atoms. The molecule has 0 N–H and O–H groups in total. The summed E-state index contributed by atoms with van der Waals surface area (Å²) in [6, 6.07) is 70.8. The summed E-state index contributed by atoms with van der Waals surface area (Å²) in [7, 11) is 0. The van der Waals surface area contributed by atoms with Crippen LogP contribution in [0.3, 0.4) is 0 Å². The van der Waals surface area contributed by atoms with Crippen LogP contribution in [-0.4, -0.2) is 0 Å². The molecule has 1 spiro atoms. The summed E-state index contributed by atoms with van der Waals surface area (Å²) in [4.78, 5) is 2.59. The first kappa shape index (κ1) is 37.4. The van der Waals surface area contributed by atoms with Crippen LogP contribution in [0.25, 0.3) is 33.0 Å². The van der Waals surface area contributed by atoms with Crippen LogP contribution in [0.1, 0.15) is 97.2 Å². The molecule has 2 heteroatoms. The minimum atomic E-state index is -0.666. The van der Waals surface area contributed by atoms with Crippen molar-refractivity contribution in [3.63, 3.8) is 0 Å². The number of ether oxygens (including phenoxy) is 1. The molecule has 4 aliphatic rings. The Labute approximate surface area is 376 Å². The maximum Gasteiger partial charge on any atom is 0.140 e. The maximum absolute atomic E-state index is 7.08. The molecule has 9 aromatic rings. The Morgan fingerprint density at radius 2 is 0.875 bits per heavy atom. The molecule has 0 aromatic heterocycles. The van der Waals surface area contributed by atoms with E-state index in [2.05, 4.69) is 234 Å². The highest BCUT2D eigenvalue weighted by Crippen LogP contribution is 2.64. The molecule has 0 amide bonds. The first-order valence-electron chi connectivity index (χ1n) is 22.8. The van der Waals surface area contributed by atoms with Crippen molar-refractivity contribution >= 4 is 27.8 Å². The Balaban J connectivity index is 1.14. The van der Waals surface area contributed by atoms with Gasteiger partial charge in [0, 0.05) is 44.1 Å². The van der Waals surface area contributed by atoms with Gasteiger partial charge in [-0.25, -0.2) is 0 Å². The van der Waals surface area contributed by atoms with Crippen molar-refractivity contribution in [2.45, 2.75) is 63.2 Å². The molecule has 0 bridgehead atoms. The standard InChI is InChI=1S/C62H49NO/c1-59(2)46-22-11-9-20-42(46)44-33-31-39(36-53(44)59)63(40-32-34-45-43-21-10-12-23-47(43)60(3,4)54(45)37-40)55-28-17-27-51-57(55)61(5,6)48-24-13-14-25-49(48)62(51)50-26-15-16-29-56(50)64-58-41-19-8-7-18-38(41)30-35-52(58)62/h7-37H,1-6H3. The Bertz CT molecular complexity index is 3370. The molecule has 0 radical (unpaired) electrons. The van der Waals surface area contributed by atoms with Crippen LogP contribution in [0.15, 0.2) is 188 Å². The molecule has 1 atom stereocenters.